The quantitative estimate of drug-likeness (QED) is 0.800. The fraction of sp³-hybridized carbons (Fsp3) is 0.182. The largest absolute Gasteiger partial charge is 0.366 e. The van der Waals surface area contributed by atoms with E-state index in [1.165, 1.54) is 12.4 Å². The van der Waals surface area contributed by atoms with E-state index in [0.717, 1.165) is 11.1 Å². The first-order valence-corrected chi connectivity index (χ1v) is 4.86. The summed E-state index contributed by atoms with van der Waals surface area (Å²) in [5.41, 5.74) is 2.19. The summed E-state index contributed by atoms with van der Waals surface area (Å²) in [6.45, 7) is 2.56. The second-order valence-electron chi connectivity index (χ2n) is 3.38. The number of nitrogens with one attached hydrogen (secondary N) is 1. The van der Waals surface area contributed by atoms with E-state index in [1.54, 1.807) is 12.4 Å². The minimum absolute atomic E-state index is 0.476. The number of hydrogen-bond donors (Lipinski definition) is 1. The van der Waals surface area contributed by atoms with Gasteiger partial charge in [-0.25, -0.2) is 9.97 Å². The molecule has 0 saturated heterocycles. The van der Waals surface area contributed by atoms with Gasteiger partial charge < -0.3 is 5.32 Å². The van der Waals surface area contributed by atoms with E-state index in [-0.39, 0.29) is 0 Å². The van der Waals surface area contributed by atoms with Crippen molar-refractivity contribution < 1.29 is 4.39 Å². The van der Waals surface area contributed by atoms with E-state index in [1.807, 2.05) is 13.0 Å². The van der Waals surface area contributed by atoms with E-state index < -0.39 is 5.95 Å². The molecular formula is C11H11FN4. The van der Waals surface area contributed by atoms with E-state index >= 15 is 0 Å². The zero-order chi connectivity index (χ0) is 11.4. The van der Waals surface area contributed by atoms with Gasteiger partial charge in [-0.05, 0) is 24.1 Å². The lowest BCUT2D eigenvalue weighted by Gasteiger charge is -2.07. The monoisotopic (exact) mass is 218 g/mol. The smallest absolute Gasteiger partial charge is 0.217 e. The minimum atomic E-state index is -0.538. The number of rotatable bonds is 3. The molecule has 0 fully saturated rings. The topological polar surface area (TPSA) is 50.7 Å². The van der Waals surface area contributed by atoms with Crippen LogP contribution in [-0.4, -0.2) is 15.0 Å². The van der Waals surface area contributed by atoms with Crippen molar-refractivity contribution in [2.75, 3.05) is 5.32 Å². The zero-order valence-corrected chi connectivity index (χ0v) is 8.81. The van der Waals surface area contributed by atoms with Crippen LogP contribution in [-0.2, 0) is 6.54 Å². The molecule has 0 aliphatic rings. The fourth-order valence-corrected chi connectivity index (χ4v) is 1.32. The summed E-state index contributed by atoms with van der Waals surface area (Å²) in [5, 5.41) is 3.02. The Hall–Kier alpha value is -2.04. The lowest BCUT2D eigenvalue weighted by Crippen LogP contribution is -2.03. The second kappa shape index (κ2) is 4.65. The molecule has 2 aromatic rings. The van der Waals surface area contributed by atoms with E-state index in [0.29, 0.717) is 12.4 Å². The fourth-order valence-electron chi connectivity index (χ4n) is 1.32. The SMILES string of the molecule is Cc1cnccc1CNc1cc(F)ncn1. The zero-order valence-electron chi connectivity index (χ0n) is 8.81. The summed E-state index contributed by atoms with van der Waals surface area (Å²) in [7, 11) is 0. The van der Waals surface area contributed by atoms with Crippen LogP contribution in [0.4, 0.5) is 10.2 Å². The van der Waals surface area contributed by atoms with Crippen LogP contribution in [0.5, 0.6) is 0 Å². The Bertz CT molecular complexity index is 487. The third kappa shape index (κ3) is 2.50. The Morgan fingerprint density at radius 2 is 2.25 bits per heavy atom. The first-order chi connectivity index (χ1) is 7.75. The van der Waals surface area contributed by atoms with Crippen molar-refractivity contribution in [3.63, 3.8) is 0 Å². The van der Waals surface area contributed by atoms with Gasteiger partial charge in [-0.1, -0.05) is 0 Å². The van der Waals surface area contributed by atoms with Crippen molar-refractivity contribution in [2.24, 2.45) is 0 Å². The van der Waals surface area contributed by atoms with Gasteiger partial charge in [0.25, 0.3) is 0 Å². The van der Waals surface area contributed by atoms with E-state index in [2.05, 4.69) is 20.3 Å². The Morgan fingerprint density at radius 3 is 3.00 bits per heavy atom. The van der Waals surface area contributed by atoms with Gasteiger partial charge in [0.2, 0.25) is 5.95 Å². The maximum absolute atomic E-state index is 12.8. The number of anilines is 1. The normalized spacial score (nSPS) is 10.1. The summed E-state index contributed by atoms with van der Waals surface area (Å²) in [5.74, 6) is -0.0623. The minimum Gasteiger partial charge on any atom is -0.366 e. The number of pyridine rings is 1. The van der Waals surface area contributed by atoms with E-state index in [9.17, 15) is 4.39 Å². The highest BCUT2D eigenvalue weighted by atomic mass is 19.1. The Kier molecular flexibility index (Phi) is 3.05. The van der Waals surface area contributed by atoms with Crippen LogP contribution >= 0.6 is 0 Å². The molecule has 4 nitrogen and oxygen atoms in total. The number of hydrogen-bond acceptors (Lipinski definition) is 4. The molecule has 0 amide bonds. The lowest BCUT2D eigenvalue weighted by molar-refractivity contribution is 0.580. The third-order valence-corrected chi connectivity index (χ3v) is 2.23. The molecule has 0 atom stereocenters. The van der Waals surface area contributed by atoms with Crippen LogP contribution in [0, 0.1) is 12.9 Å². The van der Waals surface area contributed by atoms with Gasteiger partial charge in [-0.2, -0.15) is 4.39 Å². The summed E-state index contributed by atoms with van der Waals surface area (Å²) in [6.07, 6.45) is 4.71. The molecule has 0 unspecified atom stereocenters. The van der Waals surface area contributed by atoms with Crippen LogP contribution < -0.4 is 5.32 Å². The van der Waals surface area contributed by atoms with Gasteiger partial charge in [0, 0.05) is 25.0 Å². The predicted molar refractivity (Wildman–Crippen MR) is 58.3 cm³/mol. The molecule has 0 radical (unpaired) electrons. The predicted octanol–water partition coefficient (Wildman–Crippen LogP) is 1.93. The van der Waals surface area contributed by atoms with Crippen molar-refractivity contribution in [2.45, 2.75) is 13.5 Å². The average Bonchev–Trinajstić information content (AvgIpc) is 2.28. The highest BCUT2D eigenvalue weighted by Crippen LogP contribution is 2.08. The van der Waals surface area contributed by atoms with Gasteiger partial charge in [0.1, 0.15) is 12.1 Å². The molecule has 0 spiro atoms. The molecule has 0 aliphatic carbocycles. The Labute approximate surface area is 92.6 Å². The van der Waals surface area contributed by atoms with Gasteiger partial charge in [0.15, 0.2) is 0 Å². The first-order valence-electron chi connectivity index (χ1n) is 4.86. The third-order valence-electron chi connectivity index (χ3n) is 2.23. The van der Waals surface area contributed by atoms with Crippen LogP contribution in [0.15, 0.2) is 30.9 Å². The Morgan fingerprint density at radius 1 is 1.38 bits per heavy atom. The molecule has 82 valence electrons. The number of aryl methyl sites for hydroxylation is 1. The molecule has 0 aromatic carbocycles. The van der Waals surface area contributed by atoms with Crippen molar-refractivity contribution in [3.05, 3.63) is 47.9 Å². The molecule has 16 heavy (non-hydrogen) atoms. The first kappa shape index (κ1) is 10.5. The molecule has 0 saturated carbocycles. The molecule has 0 bridgehead atoms. The summed E-state index contributed by atoms with van der Waals surface area (Å²) < 4.78 is 12.8. The van der Waals surface area contributed by atoms with Crippen LogP contribution in [0.1, 0.15) is 11.1 Å². The van der Waals surface area contributed by atoms with Gasteiger partial charge in [-0.15, -0.1) is 0 Å². The van der Waals surface area contributed by atoms with Crippen molar-refractivity contribution >= 4 is 5.82 Å². The van der Waals surface area contributed by atoms with Crippen LogP contribution in [0.25, 0.3) is 0 Å². The molecule has 5 heteroatoms. The molecule has 2 heterocycles. The average molecular weight is 218 g/mol. The molecule has 2 aromatic heterocycles. The number of aromatic nitrogens is 3. The van der Waals surface area contributed by atoms with Crippen molar-refractivity contribution in [1.82, 2.24) is 15.0 Å². The molecule has 2 rings (SSSR count). The van der Waals surface area contributed by atoms with Crippen LogP contribution in [0.3, 0.4) is 0 Å². The Balaban J connectivity index is 2.05. The van der Waals surface area contributed by atoms with Crippen molar-refractivity contribution in [1.29, 1.82) is 0 Å². The van der Waals surface area contributed by atoms with Gasteiger partial charge in [-0.3, -0.25) is 4.98 Å². The lowest BCUT2D eigenvalue weighted by atomic mass is 10.1. The summed E-state index contributed by atoms with van der Waals surface area (Å²) in [6, 6.07) is 3.18. The van der Waals surface area contributed by atoms with Crippen molar-refractivity contribution in [3.8, 4) is 0 Å². The summed E-state index contributed by atoms with van der Waals surface area (Å²) in [4.78, 5) is 11.3. The number of halogens is 1. The van der Waals surface area contributed by atoms with E-state index in [4.69, 9.17) is 0 Å². The molecular weight excluding hydrogens is 207 g/mol. The molecule has 1 N–H and O–H groups in total. The second-order valence-corrected chi connectivity index (χ2v) is 3.38. The standard InChI is InChI=1S/C11H11FN4/c1-8-5-13-3-2-9(8)6-14-11-4-10(12)15-7-16-11/h2-5,7H,6H2,1H3,(H,14,15,16). The maximum atomic E-state index is 12.8. The van der Waals surface area contributed by atoms with Crippen LogP contribution in [0.2, 0.25) is 0 Å². The highest BCUT2D eigenvalue weighted by Gasteiger charge is 1.99. The summed E-state index contributed by atoms with van der Waals surface area (Å²) >= 11 is 0. The highest BCUT2D eigenvalue weighted by molar-refractivity contribution is 5.35. The number of nitrogens with zero attached hydrogens (tertiary/aromatic N) is 3. The van der Waals surface area contributed by atoms with Gasteiger partial charge >= 0.3 is 0 Å². The van der Waals surface area contributed by atoms with Gasteiger partial charge in [0.05, 0.1) is 0 Å². The molecule has 0 aliphatic heterocycles. The maximum Gasteiger partial charge on any atom is 0.217 e.